The summed E-state index contributed by atoms with van der Waals surface area (Å²) in [6, 6.07) is 1.53. The van der Waals surface area contributed by atoms with E-state index in [-0.39, 0.29) is 17.3 Å². The lowest BCUT2D eigenvalue weighted by Gasteiger charge is -2.22. The van der Waals surface area contributed by atoms with Gasteiger partial charge in [-0.25, -0.2) is 4.98 Å². The number of hydrogen-bond donors (Lipinski definition) is 2. The summed E-state index contributed by atoms with van der Waals surface area (Å²) in [6.45, 7) is 0. The molecule has 0 bridgehead atoms. The van der Waals surface area contributed by atoms with Crippen LogP contribution in [0.1, 0.15) is 42.5 Å². The predicted molar refractivity (Wildman–Crippen MR) is 74.8 cm³/mol. The van der Waals surface area contributed by atoms with E-state index in [9.17, 15) is 14.9 Å². The summed E-state index contributed by atoms with van der Waals surface area (Å²) >= 11 is 0. The first-order chi connectivity index (χ1) is 9.61. The summed E-state index contributed by atoms with van der Waals surface area (Å²) in [6.07, 6.45) is 6.34. The monoisotopic (exact) mass is 278 g/mol. The summed E-state index contributed by atoms with van der Waals surface area (Å²) < 4.78 is 0. The van der Waals surface area contributed by atoms with Crippen LogP contribution in [0.5, 0.6) is 0 Å². The zero-order chi connectivity index (χ0) is 14.5. The van der Waals surface area contributed by atoms with Gasteiger partial charge in [0.2, 0.25) is 0 Å². The number of nitrogens with zero attached hydrogens (tertiary/aromatic N) is 2. The molecule has 1 fully saturated rings. The van der Waals surface area contributed by atoms with Gasteiger partial charge in [-0.05, 0) is 12.8 Å². The van der Waals surface area contributed by atoms with Crippen molar-refractivity contribution in [1.29, 1.82) is 0 Å². The quantitative estimate of drug-likeness (QED) is 0.649. The first-order valence-electron chi connectivity index (χ1n) is 6.75. The Balaban J connectivity index is 2.20. The fourth-order valence-electron chi connectivity index (χ4n) is 2.42. The Morgan fingerprint density at radius 1 is 1.40 bits per heavy atom. The largest absolute Gasteiger partial charge is 0.373 e. The lowest BCUT2D eigenvalue weighted by Crippen LogP contribution is -2.36. The zero-order valence-corrected chi connectivity index (χ0v) is 11.4. The van der Waals surface area contributed by atoms with E-state index in [0.717, 1.165) is 31.9 Å². The lowest BCUT2D eigenvalue weighted by atomic mass is 9.95. The van der Waals surface area contributed by atoms with Crippen molar-refractivity contribution in [3.8, 4) is 0 Å². The van der Waals surface area contributed by atoms with Crippen molar-refractivity contribution >= 4 is 17.4 Å². The molecule has 1 saturated carbocycles. The van der Waals surface area contributed by atoms with E-state index in [2.05, 4.69) is 15.6 Å². The molecule has 20 heavy (non-hydrogen) atoms. The first kappa shape index (κ1) is 14.2. The zero-order valence-electron chi connectivity index (χ0n) is 11.4. The summed E-state index contributed by atoms with van der Waals surface area (Å²) in [5.74, 6) is 0.0342. The fourth-order valence-corrected chi connectivity index (χ4v) is 2.42. The van der Waals surface area contributed by atoms with Crippen LogP contribution in [0, 0.1) is 10.1 Å². The van der Waals surface area contributed by atoms with E-state index in [1.54, 1.807) is 7.05 Å². The molecule has 0 unspecified atom stereocenters. The highest BCUT2D eigenvalue weighted by Gasteiger charge is 2.24. The fraction of sp³-hybridized carbons (Fsp3) is 0.538. The van der Waals surface area contributed by atoms with Crippen molar-refractivity contribution in [2.24, 2.45) is 0 Å². The highest BCUT2D eigenvalue weighted by molar-refractivity contribution is 5.98. The third kappa shape index (κ3) is 3.23. The van der Waals surface area contributed by atoms with Crippen LogP contribution in [0.15, 0.2) is 12.3 Å². The van der Waals surface area contributed by atoms with E-state index >= 15 is 0 Å². The maximum Gasteiger partial charge on any atom is 0.300 e. The van der Waals surface area contributed by atoms with Crippen molar-refractivity contribution in [2.45, 2.75) is 38.1 Å². The molecular formula is C13H18N4O3. The van der Waals surface area contributed by atoms with Gasteiger partial charge in [0.25, 0.3) is 11.6 Å². The Labute approximate surface area is 116 Å². The molecule has 0 saturated heterocycles. The van der Waals surface area contributed by atoms with Crippen LogP contribution in [0.25, 0.3) is 0 Å². The van der Waals surface area contributed by atoms with Crippen LogP contribution >= 0.6 is 0 Å². The second-order valence-electron chi connectivity index (χ2n) is 4.90. The van der Waals surface area contributed by atoms with Gasteiger partial charge in [0.1, 0.15) is 17.6 Å². The molecule has 108 valence electrons. The molecule has 0 radical (unpaired) electrons. The minimum Gasteiger partial charge on any atom is -0.373 e. The van der Waals surface area contributed by atoms with Gasteiger partial charge in [-0.3, -0.25) is 14.9 Å². The summed E-state index contributed by atoms with van der Waals surface area (Å²) in [7, 11) is 1.65. The molecule has 1 heterocycles. The Morgan fingerprint density at radius 3 is 2.70 bits per heavy atom. The van der Waals surface area contributed by atoms with Gasteiger partial charge in [-0.2, -0.15) is 0 Å². The van der Waals surface area contributed by atoms with Crippen LogP contribution < -0.4 is 10.6 Å². The molecule has 0 atom stereocenters. The molecule has 7 nitrogen and oxygen atoms in total. The molecule has 1 aliphatic rings. The SMILES string of the molecule is CNc1cc(C(=O)NC2CCCCC2)c([N+](=O)[O-])cn1. The molecule has 7 heteroatoms. The van der Waals surface area contributed by atoms with Gasteiger partial charge in [0, 0.05) is 19.2 Å². The van der Waals surface area contributed by atoms with Gasteiger partial charge in [-0.1, -0.05) is 19.3 Å². The summed E-state index contributed by atoms with van der Waals surface area (Å²) in [5, 5.41) is 16.6. The molecule has 2 N–H and O–H groups in total. The number of anilines is 1. The molecule has 1 aromatic rings. The molecule has 0 spiro atoms. The molecule has 0 aliphatic heterocycles. The number of nitro groups is 1. The average molecular weight is 278 g/mol. The predicted octanol–water partition coefficient (Wildman–Crippen LogP) is 2.09. The van der Waals surface area contributed by atoms with Crippen molar-refractivity contribution in [3.05, 3.63) is 27.9 Å². The number of rotatable bonds is 4. The maximum absolute atomic E-state index is 12.2. The molecule has 0 aromatic carbocycles. The van der Waals surface area contributed by atoms with Crippen LogP contribution in [0.2, 0.25) is 0 Å². The van der Waals surface area contributed by atoms with Gasteiger partial charge in [0.15, 0.2) is 0 Å². The van der Waals surface area contributed by atoms with E-state index in [1.807, 2.05) is 0 Å². The van der Waals surface area contributed by atoms with E-state index in [0.29, 0.717) is 5.82 Å². The van der Waals surface area contributed by atoms with E-state index in [1.165, 1.54) is 12.5 Å². The topological polar surface area (TPSA) is 97.2 Å². The Hall–Kier alpha value is -2.18. The molecule has 1 aromatic heterocycles. The second-order valence-corrected chi connectivity index (χ2v) is 4.90. The van der Waals surface area contributed by atoms with Crippen LogP contribution in [0.3, 0.4) is 0 Å². The number of hydrogen-bond acceptors (Lipinski definition) is 5. The van der Waals surface area contributed by atoms with Gasteiger partial charge >= 0.3 is 0 Å². The van der Waals surface area contributed by atoms with E-state index in [4.69, 9.17) is 0 Å². The molecule has 1 amide bonds. The number of nitrogens with one attached hydrogen (secondary N) is 2. The van der Waals surface area contributed by atoms with Crippen molar-refractivity contribution < 1.29 is 9.72 Å². The number of pyridine rings is 1. The van der Waals surface area contributed by atoms with Gasteiger partial charge in [0.05, 0.1) is 4.92 Å². The Bertz CT molecular complexity index is 512. The molecular weight excluding hydrogens is 260 g/mol. The third-order valence-corrected chi connectivity index (χ3v) is 3.52. The van der Waals surface area contributed by atoms with Crippen LogP contribution in [-0.2, 0) is 0 Å². The van der Waals surface area contributed by atoms with Gasteiger partial charge in [-0.15, -0.1) is 0 Å². The number of carbonyl (C=O) groups excluding carboxylic acids is 1. The van der Waals surface area contributed by atoms with E-state index < -0.39 is 10.8 Å². The highest BCUT2D eigenvalue weighted by Crippen LogP contribution is 2.22. The first-order valence-corrected chi connectivity index (χ1v) is 6.75. The summed E-state index contributed by atoms with van der Waals surface area (Å²) in [4.78, 5) is 26.5. The van der Waals surface area contributed by atoms with Crippen LogP contribution in [-0.4, -0.2) is 28.9 Å². The lowest BCUT2D eigenvalue weighted by molar-refractivity contribution is -0.385. The van der Waals surface area contributed by atoms with Crippen molar-refractivity contribution in [2.75, 3.05) is 12.4 Å². The van der Waals surface area contributed by atoms with Crippen LogP contribution in [0.4, 0.5) is 11.5 Å². The average Bonchev–Trinajstić information content (AvgIpc) is 2.47. The number of amides is 1. The van der Waals surface area contributed by atoms with Crippen molar-refractivity contribution in [1.82, 2.24) is 10.3 Å². The number of aromatic nitrogens is 1. The summed E-state index contributed by atoms with van der Waals surface area (Å²) in [5.41, 5.74) is -0.211. The third-order valence-electron chi connectivity index (χ3n) is 3.52. The minimum atomic E-state index is -0.581. The Kier molecular flexibility index (Phi) is 4.49. The normalized spacial score (nSPS) is 15.7. The number of carbonyl (C=O) groups is 1. The smallest absolute Gasteiger partial charge is 0.300 e. The molecule has 2 rings (SSSR count). The maximum atomic E-state index is 12.2. The second kappa shape index (κ2) is 6.31. The Morgan fingerprint density at radius 2 is 2.10 bits per heavy atom. The standard InChI is InChI=1S/C13H18N4O3/c1-14-12-7-10(11(8-15-12)17(19)20)13(18)16-9-5-3-2-4-6-9/h7-9H,2-6H2,1H3,(H,14,15)(H,16,18). The highest BCUT2D eigenvalue weighted by atomic mass is 16.6. The molecule has 1 aliphatic carbocycles. The minimum absolute atomic E-state index is 0.0555. The van der Waals surface area contributed by atoms with Crippen molar-refractivity contribution in [3.63, 3.8) is 0 Å². The van der Waals surface area contributed by atoms with Gasteiger partial charge < -0.3 is 10.6 Å².